The first-order valence-electron chi connectivity index (χ1n) is 13.8. The minimum Gasteiger partial charge on any atom is -0.390 e. The number of carbonyl (C=O) groups is 1. The summed E-state index contributed by atoms with van der Waals surface area (Å²) in [4.78, 5) is 15.9. The van der Waals surface area contributed by atoms with Crippen LogP contribution in [0.3, 0.4) is 0 Å². The van der Waals surface area contributed by atoms with E-state index in [0.717, 1.165) is 43.4 Å². The van der Waals surface area contributed by atoms with Crippen molar-refractivity contribution in [3.8, 4) is 0 Å². The number of carbonyl (C=O) groups excluding carboxylic acids is 1. The first-order valence-corrected chi connectivity index (χ1v) is 13.8. The standard InChI is InChI=1S/C33H40N2O2/c1-33(2,26-12-5-4-6-13-26)35(3)22-23-17-19-24(20-18-23)27-14-9-10-16-29(27)32(37)34-31-28-15-8-7-11-25(28)21-30(31)36/h4-8,11-13,15,17-20,27,29-31,36H,9-10,14,16,21-22H2,1-3H3,(H,34,37)/t27?,29-,30-,31+/m0/s1. The number of aliphatic hydroxyl groups is 1. The molecule has 0 bridgehead atoms. The van der Waals surface area contributed by atoms with Crippen LogP contribution in [-0.4, -0.2) is 29.1 Å². The lowest BCUT2D eigenvalue weighted by Crippen LogP contribution is -2.40. The number of aliphatic hydroxyl groups excluding tert-OH is 1. The van der Waals surface area contributed by atoms with Crippen LogP contribution in [0, 0.1) is 5.92 Å². The molecule has 2 aliphatic carbocycles. The lowest BCUT2D eigenvalue weighted by molar-refractivity contribution is -0.128. The lowest BCUT2D eigenvalue weighted by atomic mass is 9.74. The molecule has 1 unspecified atom stereocenters. The van der Waals surface area contributed by atoms with Gasteiger partial charge in [0.1, 0.15) is 0 Å². The van der Waals surface area contributed by atoms with E-state index in [4.69, 9.17) is 0 Å². The van der Waals surface area contributed by atoms with Gasteiger partial charge in [-0.05, 0) is 67.5 Å². The van der Waals surface area contributed by atoms with E-state index < -0.39 is 6.10 Å². The van der Waals surface area contributed by atoms with Crippen LogP contribution in [0.25, 0.3) is 0 Å². The summed E-state index contributed by atoms with van der Waals surface area (Å²) < 4.78 is 0. The maximum absolute atomic E-state index is 13.5. The third-order valence-electron chi connectivity index (χ3n) is 8.87. The second-order valence-electron chi connectivity index (χ2n) is 11.5. The molecule has 4 atom stereocenters. The predicted molar refractivity (Wildman–Crippen MR) is 149 cm³/mol. The van der Waals surface area contributed by atoms with E-state index in [0.29, 0.717) is 6.42 Å². The summed E-state index contributed by atoms with van der Waals surface area (Å²) in [6, 6.07) is 27.3. The Kier molecular flexibility index (Phi) is 7.50. The molecule has 194 valence electrons. The van der Waals surface area contributed by atoms with Crippen LogP contribution in [0.1, 0.15) is 79.3 Å². The van der Waals surface area contributed by atoms with Crippen molar-refractivity contribution in [2.45, 2.75) is 76.1 Å². The van der Waals surface area contributed by atoms with Gasteiger partial charge in [0.2, 0.25) is 5.91 Å². The van der Waals surface area contributed by atoms with Gasteiger partial charge in [-0.1, -0.05) is 91.7 Å². The van der Waals surface area contributed by atoms with E-state index in [1.165, 1.54) is 16.7 Å². The molecule has 0 saturated heterocycles. The van der Waals surface area contributed by atoms with Crippen LogP contribution in [-0.2, 0) is 23.3 Å². The smallest absolute Gasteiger partial charge is 0.224 e. The molecule has 1 amide bonds. The summed E-state index contributed by atoms with van der Waals surface area (Å²) in [7, 11) is 2.18. The summed E-state index contributed by atoms with van der Waals surface area (Å²) in [5, 5.41) is 13.9. The normalized spacial score (nSPS) is 23.6. The zero-order valence-electron chi connectivity index (χ0n) is 22.4. The van der Waals surface area contributed by atoms with E-state index in [1.54, 1.807) is 0 Å². The molecule has 1 fully saturated rings. The summed E-state index contributed by atoms with van der Waals surface area (Å²) in [5.74, 6) is 0.244. The van der Waals surface area contributed by atoms with Gasteiger partial charge in [0.15, 0.2) is 0 Å². The van der Waals surface area contributed by atoms with Crippen LogP contribution >= 0.6 is 0 Å². The third-order valence-corrected chi connectivity index (χ3v) is 8.87. The zero-order valence-corrected chi connectivity index (χ0v) is 22.4. The predicted octanol–water partition coefficient (Wildman–Crippen LogP) is 6.10. The van der Waals surface area contributed by atoms with Crippen molar-refractivity contribution in [1.29, 1.82) is 0 Å². The molecule has 0 spiro atoms. The van der Waals surface area contributed by atoms with Crippen molar-refractivity contribution in [3.05, 3.63) is 107 Å². The van der Waals surface area contributed by atoms with E-state index in [1.807, 2.05) is 24.3 Å². The Labute approximate surface area is 221 Å². The van der Waals surface area contributed by atoms with Gasteiger partial charge in [0, 0.05) is 24.4 Å². The molecule has 4 nitrogen and oxygen atoms in total. The van der Waals surface area contributed by atoms with Crippen molar-refractivity contribution in [2.75, 3.05) is 7.05 Å². The van der Waals surface area contributed by atoms with E-state index >= 15 is 0 Å². The van der Waals surface area contributed by atoms with Crippen molar-refractivity contribution < 1.29 is 9.90 Å². The van der Waals surface area contributed by atoms with E-state index in [9.17, 15) is 9.90 Å². The second kappa shape index (κ2) is 10.8. The van der Waals surface area contributed by atoms with E-state index in [2.05, 4.69) is 85.7 Å². The van der Waals surface area contributed by atoms with Crippen LogP contribution in [0.2, 0.25) is 0 Å². The Morgan fingerprint density at radius 1 is 0.946 bits per heavy atom. The molecule has 37 heavy (non-hydrogen) atoms. The number of nitrogens with one attached hydrogen (secondary N) is 1. The highest BCUT2D eigenvalue weighted by molar-refractivity contribution is 5.80. The fraction of sp³-hybridized carbons (Fsp3) is 0.424. The highest BCUT2D eigenvalue weighted by Gasteiger charge is 2.37. The minimum atomic E-state index is -0.556. The summed E-state index contributed by atoms with van der Waals surface area (Å²) >= 11 is 0. The lowest BCUT2D eigenvalue weighted by Gasteiger charge is -2.36. The first-order chi connectivity index (χ1) is 17.8. The van der Waals surface area contributed by atoms with Gasteiger partial charge < -0.3 is 10.4 Å². The summed E-state index contributed by atoms with van der Waals surface area (Å²) in [6.45, 7) is 5.39. The molecular weight excluding hydrogens is 456 g/mol. The molecular formula is C33H40N2O2. The van der Waals surface area contributed by atoms with Crippen molar-refractivity contribution in [3.63, 3.8) is 0 Å². The van der Waals surface area contributed by atoms with Gasteiger partial charge in [-0.3, -0.25) is 9.69 Å². The molecule has 0 aromatic heterocycles. The van der Waals surface area contributed by atoms with Crippen molar-refractivity contribution in [2.24, 2.45) is 5.92 Å². The number of nitrogens with zero attached hydrogens (tertiary/aromatic N) is 1. The Balaban J connectivity index is 1.27. The monoisotopic (exact) mass is 496 g/mol. The van der Waals surface area contributed by atoms with Gasteiger partial charge in [-0.2, -0.15) is 0 Å². The Bertz CT molecular complexity index is 1200. The average Bonchev–Trinajstić information content (AvgIpc) is 3.24. The van der Waals surface area contributed by atoms with Crippen LogP contribution < -0.4 is 5.32 Å². The first kappa shape index (κ1) is 25.7. The second-order valence-corrected chi connectivity index (χ2v) is 11.5. The molecule has 3 aromatic carbocycles. The molecule has 4 heteroatoms. The zero-order chi connectivity index (χ0) is 26.0. The highest BCUT2D eigenvalue weighted by atomic mass is 16.3. The van der Waals surface area contributed by atoms with Gasteiger partial charge in [0.25, 0.3) is 0 Å². The van der Waals surface area contributed by atoms with Crippen LogP contribution in [0.4, 0.5) is 0 Å². The van der Waals surface area contributed by atoms with Crippen LogP contribution in [0.15, 0.2) is 78.9 Å². The van der Waals surface area contributed by atoms with Gasteiger partial charge in [-0.15, -0.1) is 0 Å². The molecule has 0 aliphatic heterocycles. The molecule has 0 radical (unpaired) electrons. The fourth-order valence-corrected chi connectivity index (χ4v) is 6.26. The van der Waals surface area contributed by atoms with Gasteiger partial charge in [-0.25, -0.2) is 0 Å². The fourth-order valence-electron chi connectivity index (χ4n) is 6.26. The topological polar surface area (TPSA) is 52.6 Å². The maximum atomic E-state index is 13.5. The number of amides is 1. The van der Waals surface area contributed by atoms with Gasteiger partial charge >= 0.3 is 0 Å². The Morgan fingerprint density at radius 3 is 2.38 bits per heavy atom. The third kappa shape index (κ3) is 5.37. The SMILES string of the molecule is CN(Cc1ccc(C2CCCC[C@@H]2C(=O)N[C@@H]2c3ccccc3C[C@@H]2O)cc1)C(C)(C)c1ccccc1. The largest absolute Gasteiger partial charge is 0.390 e. The maximum Gasteiger partial charge on any atom is 0.224 e. The molecule has 3 aromatic rings. The summed E-state index contributed by atoms with van der Waals surface area (Å²) in [6.07, 6.45) is 4.21. The quantitative estimate of drug-likeness (QED) is 0.415. The minimum absolute atomic E-state index is 0.0563. The van der Waals surface area contributed by atoms with E-state index in [-0.39, 0.29) is 29.3 Å². The molecule has 2 N–H and O–H groups in total. The number of hydrogen-bond acceptors (Lipinski definition) is 3. The Morgan fingerprint density at radius 2 is 1.62 bits per heavy atom. The molecule has 0 heterocycles. The molecule has 1 saturated carbocycles. The number of rotatable bonds is 7. The number of hydrogen-bond donors (Lipinski definition) is 2. The Hall–Kier alpha value is -2.95. The highest BCUT2D eigenvalue weighted by Crippen LogP contribution is 2.40. The van der Waals surface area contributed by atoms with Crippen molar-refractivity contribution >= 4 is 5.91 Å². The number of benzene rings is 3. The summed E-state index contributed by atoms with van der Waals surface area (Å²) in [5.41, 5.74) is 5.95. The number of fused-ring (bicyclic) bond motifs is 1. The van der Waals surface area contributed by atoms with Gasteiger partial charge in [0.05, 0.1) is 12.1 Å². The average molecular weight is 497 g/mol. The van der Waals surface area contributed by atoms with Crippen LogP contribution in [0.5, 0.6) is 0 Å². The molecule has 5 rings (SSSR count). The molecule has 2 aliphatic rings. The van der Waals surface area contributed by atoms with Crippen molar-refractivity contribution in [1.82, 2.24) is 10.2 Å².